The van der Waals surface area contributed by atoms with Crippen LogP contribution in [0, 0.1) is 5.92 Å². The highest BCUT2D eigenvalue weighted by Crippen LogP contribution is 2.36. The zero-order chi connectivity index (χ0) is 11.6. The Labute approximate surface area is 107 Å². The van der Waals surface area contributed by atoms with Crippen molar-refractivity contribution in [1.82, 2.24) is 0 Å². The number of phenolic OH excluding ortho intramolecular Hbond substituents is 1. The molecule has 2 nitrogen and oxygen atoms in total. The van der Waals surface area contributed by atoms with E-state index in [-0.39, 0.29) is 11.8 Å². The number of rotatable bonds is 3. The zero-order valence-corrected chi connectivity index (χ0v) is 12.0. The Kier molecular flexibility index (Phi) is 4.62. The van der Waals surface area contributed by atoms with Gasteiger partial charge in [0.1, 0.15) is 5.75 Å². The maximum atomic E-state index is 9.86. The molecule has 0 unspecified atom stereocenters. The predicted octanol–water partition coefficient (Wildman–Crippen LogP) is 3.96. The lowest BCUT2D eigenvalue weighted by atomic mass is 9.97. The standard InChI is InChI=1S/C11H15Br2NO/c1-6(2)3-10(14)8-4-7(12)5-9(13)11(8)15/h4-6,10,15H,3,14H2,1-2H3/t10-/m1/s1. The second-order valence-corrected chi connectivity index (χ2v) is 5.83. The van der Waals surface area contributed by atoms with E-state index >= 15 is 0 Å². The number of nitrogens with two attached hydrogens (primary N) is 1. The molecular weight excluding hydrogens is 322 g/mol. The van der Waals surface area contributed by atoms with Gasteiger partial charge in [-0.25, -0.2) is 0 Å². The van der Waals surface area contributed by atoms with E-state index < -0.39 is 0 Å². The molecule has 15 heavy (non-hydrogen) atoms. The lowest BCUT2D eigenvalue weighted by Gasteiger charge is -2.17. The summed E-state index contributed by atoms with van der Waals surface area (Å²) in [6.07, 6.45) is 0.858. The molecule has 0 spiro atoms. The van der Waals surface area contributed by atoms with E-state index in [0.717, 1.165) is 16.5 Å². The van der Waals surface area contributed by atoms with Gasteiger partial charge in [0.25, 0.3) is 0 Å². The van der Waals surface area contributed by atoms with Crippen molar-refractivity contribution in [3.05, 3.63) is 26.6 Å². The van der Waals surface area contributed by atoms with E-state index in [1.54, 1.807) is 6.07 Å². The fourth-order valence-electron chi connectivity index (χ4n) is 1.50. The van der Waals surface area contributed by atoms with Crippen molar-refractivity contribution < 1.29 is 5.11 Å². The van der Waals surface area contributed by atoms with Crippen LogP contribution in [0.4, 0.5) is 0 Å². The Morgan fingerprint density at radius 2 is 1.93 bits per heavy atom. The van der Waals surface area contributed by atoms with Crippen molar-refractivity contribution >= 4 is 31.9 Å². The molecule has 0 radical (unpaired) electrons. The van der Waals surface area contributed by atoms with E-state index in [1.165, 1.54) is 0 Å². The molecule has 1 atom stereocenters. The maximum Gasteiger partial charge on any atom is 0.134 e. The van der Waals surface area contributed by atoms with Crippen molar-refractivity contribution in [1.29, 1.82) is 0 Å². The first-order valence-electron chi connectivity index (χ1n) is 4.85. The minimum Gasteiger partial charge on any atom is -0.506 e. The highest BCUT2D eigenvalue weighted by Gasteiger charge is 2.15. The molecule has 0 heterocycles. The number of phenols is 1. The quantitative estimate of drug-likeness (QED) is 0.877. The van der Waals surface area contributed by atoms with Crippen LogP contribution in [0.15, 0.2) is 21.1 Å². The second kappa shape index (κ2) is 5.32. The summed E-state index contributed by atoms with van der Waals surface area (Å²) < 4.78 is 1.59. The summed E-state index contributed by atoms with van der Waals surface area (Å²) in [5.41, 5.74) is 6.82. The third-order valence-corrected chi connectivity index (χ3v) is 3.24. The Morgan fingerprint density at radius 1 is 1.33 bits per heavy atom. The molecule has 0 saturated heterocycles. The Bertz CT molecular complexity index is 353. The summed E-state index contributed by atoms with van der Waals surface area (Å²) in [4.78, 5) is 0. The SMILES string of the molecule is CC(C)C[C@@H](N)c1cc(Br)cc(Br)c1O. The molecular formula is C11H15Br2NO. The van der Waals surface area contributed by atoms with Crippen molar-refractivity contribution in [3.63, 3.8) is 0 Å². The van der Waals surface area contributed by atoms with Gasteiger partial charge in [-0.15, -0.1) is 0 Å². The molecule has 1 aromatic rings. The number of benzene rings is 1. The highest BCUT2D eigenvalue weighted by molar-refractivity contribution is 9.11. The molecule has 1 rings (SSSR count). The molecule has 84 valence electrons. The first-order valence-corrected chi connectivity index (χ1v) is 6.44. The Morgan fingerprint density at radius 3 is 2.47 bits per heavy atom. The molecule has 0 fully saturated rings. The average Bonchev–Trinajstić information content (AvgIpc) is 2.09. The van der Waals surface area contributed by atoms with Crippen LogP contribution >= 0.6 is 31.9 Å². The van der Waals surface area contributed by atoms with Crippen LogP contribution in [0.5, 0.6) is 5.75 Å². The van der Waals surface area contributed by atoms with Gasteiger partial charge in [0, 0.05) is 16.1 Å². The van der Waals surface area contributed by atoms with Crippen LogP contribution < -0.4 is 5.73 Å². The van der Waals surface area contributed by atoms with Gasteiger partial charge >= 0.3 is 0 Å². The summed E-state index contributed by atoms with van der Waals surface area (Å²) in [5, 5.41) is 9.86. The summed E-state index contributed by atoms with van der Waals surface area (Å²) in [6, 6.07) is 3.55. The summed E-state index contributed by atoms with van der Waals surface area (Å²) in [6.45, 7) is 4.23. The van der Waals surface area contributed by atoms with E-state index in [9.17, 15) is 5.11 Å². The summed E-state index contributed by atoms with van der Waals surface area (Å²) in [5.74, 6) is 0.753. The number of halogens is 2. The van der Waals surface area contributed by atoms with Crippen LogP contribution in [0.25, 0.3) is 0 Å². The smallest absolute Gasteiger partial charge is 0.134 e. The van der Waals surface area contributed by atoms with Crippen molar-refractivity contribution in [2.24, 2.45) is 11.7 Å². The van der Waals surface area contributed by atoms with Gasteiger partial charge in [0.15, 0.2) is 0 Å². The summed E-state index contributed by atoms with van der Waals surface area (Å²) >= 11 is 6.68. The fraction of sp³-hybridized carbons (Fsp3) is 0.455. The molecule has 0 aliphatic heterocycles. The highest BCUT2D eigenvalue weighted by atomic mass is 79.9. The second-order valence-electron chi connectivity index (χ2n) is 4.06. The molecule has 4 heteroatoms. The van der Waals surface area contributed by atoms with Gasteiger partial charge < -0.3 is 10.8 Å². The van der Waals surface area contributed by atoms with Gasteiger partial charge in [-0.05, 0) is 40.4 Å². The van der Waals surface area contributed by atoms with E-state index in [4.69, 9.17) is 5.73 Å². The van der Waals surface area contributed by atoms with Crippen LogP contribution in [0.1, 0.15) is 31.9 Å². The maximum absolute atomic E-state index is 9.86. The molecule has 0 bridgehead atoms. The average molecular weight is 337 g/mol. The predicted molar refractivity (Wildman–Crippen MR) is 69.9 cm³/mol. The third-order valence-electron chi connectivity index (χ3n) is 2.18. The fourth-order valence-corrected chi connectivity index (χ4v) is 2.76. The van der Waals surface area contributed by atoms with Crippen LogP contribution in [0.3, 0.4) is 0 Å². The third kappa shape index (κ3) is 3.47. The monoisotopic (exact) mass is 335 g/mol. The van der Waals surface area contributed by atoms with E-state index in [1.807, 2.05) is 6.07 Å². The van der Waals surface area contributed by atoms with Crippen LogP contribution in [-0.4, -0.2) is 5.11 Å². The molecule has 0 aliphatic carbocycles. The van der Waals surface area contributed by atoms with Gasteiger partial charge in [0.05, 0.1) is 4.47 Å². The molecule has 0 amide bonds. The van der Waals surface area contributed by atoms with Crippen molar-refractivity contribution in [2.75, 3.05) is 0 Å². The largest absolute Gasteiger partial charge is 0.506 e. The Hall–Kier alpha value is -0.0600. The number of hydrogen-bond acceptors (Lipinski definition) is 2. The molecule has 0 aromatic heterocycles. The molecule has 0 saturated carbocycles. The molecule has 0 aliphatic rings. The molecule has 1 aromatic carbocycles. The van der Waals surface area contributed by atoms with E-state index in [0.29, 0.717) is 10.4 Å². The lowest BCUT2D eigenvalue weighted by Crippen LogP contribution is -2.13. The minimum atomic E-state index is -0.126. The van der Waals surface area contributed by atoms with Gasteiger partial charge in [0.2, 0.25) is 0 Å². The van der Waals surface area contributed by atoms with Crippen molar-refractivity contribution in [2.45, 2.75) is 26.3 Å². The van der Waals surface area contributed by atoms with E-state index in [2.05, 4.69) is 45.7 Å². The van der Waals surface area contributed by atoms with Gasteiger partial charge in [-0.1, -0.05) is 29.8 Å². The van der Waals surface area contributed by atoms with Crippen molar-refractivity contribution in [3.8, 4) is 5.75 Å². The van der Waals surface area contributed by atoms with Crippen LogP contribution in [-0.2, 0) is 0 Å². The normalized spacial score (nSPS) is 13.2. The number of aromatic hydroxyl groups is 1. The number of hydrogen-bond donors (Lipinski definition) is 2. The molecule has 3 N–H and O–H groups in total. The topological polar surface area (TPSA) is 46.2 Å². The first-order chi connectivity index (χ1) is 6.91. The van der Waals surface area contributed by atoms with Gasteiger partial charge in [-0.3, -0.25) is 0 Å². The van der Waals surface area contributed by atoms with Crippen LogP contribution in [0.2, 0.25) is 0 Å². The summed E-state index contributed by atoms with van der Waals surface area (Å²) in [7, 11) is 0. The first kappa shape index (κ1) is 13.0. The lowest BCUT2D eigenvalue weighted by molar-refractivity contribution is 0.442. The zero-order valence-electron chi connectivity index (χ0n) is 8.80. The Balaban J connectivity index is 3.02. The minimum absolute atomic E-state index is 0.126. The van der Waals surface area contributed by atoms with Gasteiger partial charge in [-0.2, -0.15) is 0 Å².